The molecular weight excluding hydrogens is 160 g/mol. The number of nitrogens with one attached hydrogen (secondary N) is 1. The molecule has 1 fully saturated rings. The molecule has 1 aliphatic rings. The number of rotatable bonds is 3. The highest BCUT2D eigenvalue weighted by Crippen LogP contribution is 2.30. The van der Waals surface area contributed by atoms with E-state index in [0.717, 1.165) is 19.4 Å². The topological polar surface area (TPSA) is 12.0 Å². The van der Waals surface area contributed by atoms with Crippen molar-refractivity contribution in [2.75, 3.05) is 6.54 Å². The fourth-order valence-corrected chi connectivity index (χ4v) is 1.50. The van der Waals surface area contributed by atoms with Gasteiger partial charge < -0.3 is 5.32 Å². The van der Waals surface area contributed by atoms with Crippen LogP contribution < -0.4 is 5.32 Å². The van der Waals surface area contributed by atoms with Crippen LogP contribution in [0.15, 0.2) is 0 Å². The molecule has 1 aliphatic heterocycles. The van der Waals surface area contributed by atoms with Gasteiger partial charge in [0.15, 0.2) is 0 Å². The average molecular weight is 177 g/mol. The summed E-state index contributed by atoms with van der Waals surface area (Å²) in [7, 11) is 0. The first-order valence-corrected chi connectivity index (χ1v) is 4.63. The van der Waals surface area contributed by atoms with Crippen LogP contribution in [0.3, 0.4) is 0 Å². The molecule has 0 spiro atoms. The van der Waals surface area contributed by atoms with Gasteiger partial charge in [-0.25, -0.2) is 8.78 Å². The monoisotopic (exact) mass is 177 g/mol. The van der Waals surface area contributed by atoms with Crippen LogP contribution >= 0.6 is 0 Å². The van der Waals surface area contributed by atoms with Gasteiger partial charge in [-0.3, -0.25) is 0 Å². The molecule has 1 saturated heterocycles. The zero-order chi connectivity index (χ0) is 9.19. The van der Waals surface area contributed by atoms with Crippen LogP contribution in [-0.4, -0.2) is 18.5 Å². The maximum atomic E-state index is 13.2. The summed E-state index contributed by atoms with van der Waals surface area (Å²) in [5, 5.41) is 3.09. The lowest BCUT2D eigenvalue weighted by molar-refractivity contribution is -0.0585. The van der Waals surface area contributed by atoms with Crippen molar-refractivity contribution in [2.45, 2.75) is 45.1 Å². The Labute approximate surface area is 72.5 Å². The largest absolute Gasteiger partial charge is 0.314 e. The molecule has 0 bridgehead atoms. The van der Waals surface area contributed by atoms with Gasteiger partial charge in [-0.15, -0.1) is 0 Å². The first kappa shape index (κ1) is 9.90. The maximum absolute atomic E-state index is 13.2. The van der Waals surface area contributed by atoms with Crippen LogP contribution in [0.1, 0.15) is 33.1 Å². The first-order valence-electron chi connectivity index (χ1n) is 4.63. The predicted octanol–water partition coefficient (Wildman–Crippen LogP) is 2.42. The van der Waals surface area contributed by atoms with Crippen molar-refractivity contribution in [1.29, 1.82) is 0 Å². The SMILES string of the molecule is CC(C)C(F)(F)CC1CCCN1. The molecule has 1 atom stereocenters. The third-order valence-corrected chi connectivity index (χ3v) is 2.53. The van der Waals surface area contributed by atoms with Crippen LogP contribution in [0.5, 0.6) is 0 Å². The fourth-order valence-electron chi connectivity index (χ4n) is 1.50. The van der Waals surface area contributed by atoms with Gasteiger partial charge in [0.1, 0.15) is 0 Å². The molecule has 1 heterocycles. The van der Waals surface area contributed by atoms with Crippen molar-refractivity contribution in [2.24, 2.45) is 5.92 Å². The molecule has 0 radical (unpaired) electrons. The molecule has 72 valence electrons. The summed E-state index contributed by atoms with van der Waals surface area (Å²) >= 11 is 0. The van der Waals surface area contributed by atoms with Gasteiger partial charge in [0.05, 0.1) is 0 Å². The van der Waals surface area contributed by atoms with E-state index in [4.69, 9.17) is 0 Å². The van der Waals surface area contributed by atoms with E-state index < -0.39 is 11.8 Å². The molecule has 3 heteroatoms. The van der Waals surface area contributed by atoms with E-state index >= 15 is 0 Å². The molecule has 0 aromatic carbocycles. The Morgan fingerprint density at radius 2 is 2.17 bits per heavy atom. The van der Waals surface area contributed by atoms with Gasteiger partial charge in [0.2, 0.25) is 0 Å². The van der Waals surface area contributed by atoms with Crippen molar-refractivity contribution in [3.8, 4) is 0 Å². The molecule has 1 nitrogen and oxygen atoms in total. The lowest BCUT2D eigenvalue weighted by Gasteiger charge is -2.23. The van der Waals surface area contributed by atoms with Gasteiger partial charge in [-0.05, 0) is 19.4 Å². The first-order chi connectivity index (χ1) is 5.52. The summed E-state index contributed by atoms with van der Waals surface area (Å²) < 4.78 is 26.3. The van der Waals surface area contributed by atoms with Gasteiger partial charge >= 0.3 is 0 Å². The second kappa shape index (κ2) is 3.69. The minimum atomic E-state index is -2.50. The molecule has 1 N–H and O–H groups in total. The van der Waals surface area contributed by atoms with Crippen LogP contribution in [0.4, 0.5) is 8.78 Å². The Balaban J connectivity index is 2.37. The highest BCUT2D eigenvalue weighted by atomic mass is 19.3. The zero-order valence-corrected chi connectivity index (χ0v) is 7.74. The Morgan fingerprint density at radius 3 is 2.58 bits per heavy atom. The van der Waals surface area contributed by atoms with Crippen molar-refractivity contribution in [3.63, 3.8) is 0 Å². The van der Waals surface area contributed by atoms with Gasteiger partial charge in [0, 0.05) is 18.4 Å². The Kier molecular flexibility index (Phi) is 3.04. The molecule has 1 rings (SSSR count). The van der Waals surface area contributed by atoms with Crippen LogP contribution in [-0.2, 0) is 0 Å². The second-order valence-electron chi connectivity index (χ2n) is 3.91. The summed E-state index contributed by atoms with van der Waals surface area (Å²) in [4.78, 5) is 0. The van der Waals surface area contributed by atoms with E-state index in [1.54, 1.807) is 13.8 Å². The van der Waals surface area contributed by atoms with Gasteiger partial charge in [-0.2, -0.15) is 0 Å². The number of alkyl halides is 2. The third kappa shape index (κ3) is 2.41. The van der Waals surface area contributed by atoms with E-state index in [-0.39, 0.29) is 12.5 Å². The van der Waals surface area contributed by atoms with E-state index in [0.29, 0.717) is 0 Å². The molecular formula is C9H17F2N. The summed E-state index contributed by atoms with van der Waals surface area (Å²) in [6, 6.07) is 0.0439. The van der Waals surface area contributed by atoms with Gasteiger partial charge in [-0.1, -0.05) is 13.8 Å². The number of hydrogen-bond donors (Lipinski definition) is 1. The van der Waals surface area contributed by atoms with E-state index in [2.05, 4.69) is 5.32 Å². The summed E-state index contributed by atoms with van der Waals surface area (Å²) in [5.74, 6) is -3.04. The molecule has 0 aromatic heterocycles. The van der Waals surface area contributed by atoms with Crippen LogP contribution in [0, 0.1) is 5.92 Å². The van der Waals surface area contributed by atoms with Crippen LogP contribution in [0.2, 0.25) is 0 Å². The summed E-state index contributed by atoms with van der Waals surface area (Å²) in [6.45, 7) is 4.06. The molecule has 0 saturated carbocycles. The van der Waals surface area contributed by atoms with Crippen molar-refractivity contribution >= 4 is 0 Å². The fraction of sp³-hybridized carbons (Fsp3) is 1.00. The zero-order valence-electron chi connectivity index (χ0n) is 7.74. The van der Waals surface area contributed by atoms with Crippen molar-refractivity contribution in [3.05, 3.63) is 0 Å². The summed E-state index contributed by atoms with van der Waals surface area (Å²) in [5.41, 5.74) is 0. The molecule has 0 aliphatic carbocycles. The van der Waals surface area contributed by atoms with Crippen molar-refractivity contribution in [1.82, 2.24) is 5.32 Å². The average Bonchev–Trinajstić information content (AvgIpc) is 2.38. The molecule has 0 amide bonds. The van der Waals surface area contributed by atoms with Crippen molar-refractivity contribution < 1.29 is 8.78 Å². The molecule has 1 unspecified atom stereocenters. The van der Waals surface area contributed by atoms with E-state index in [9.17, 15) is 8.78 Å². The van der Waals surface area contributed by atoms with Gasteiger partial charge in [0.25, 0.3) is 5.92 Å². The molecule has 12 heavy (non-hydrogen) atoms. The third-order valence-electron chi connectivity index (χ3n) is 2.53. The normalized spacial score (nSPS) is 25.2. The Morgan fingerprint density at radius 1 is 1.50 bits per heavy atom. The number of hydrogen-bond acceptors (Lipinski definition) is 1. The minimum absolute atomic E-state index is 0.00463. The standard InChI is InChI=1S/C9H17F2N/c1-7(2)9(10,11)6-8-4-3-5-12-8/h7-8,12H,3-6H2,1-2H3. The summed E-state index contributed by atoms with van der Waals surface area (Å²) in [6.07, 6.45) is 1.95. The smallest absolute Gasteiger partial charge is 0.251 e. The highest BCUT2D eigenvalue weighted by molar-refractivity contribution is 4.82. The maximum Gasteiger partial charge on any atom is 0.251 e. The van der Waals surface area contributed by atoms with E-state index in [1.165, 1.54) is 0 Å². The Hall–Kier alpha value is -0.180. The minimum Gasteiger partial charge on any atom is -0.314 e. The quantitative estimate of drug-likeness (QED) is 0.698. The highest BCUT2D eigenvalue weighted by Gasteiger charge is 2.36. The number of halogens is 2. The molecule has 0 aromatic rings. The Bertz CT molecular complexity index is 139. The lowest BCUT2D eigenvalue weighted by Crippen LogP contribution is -2.34. The van der Waals surface area contributed by atoms with E-state index in [1.807, 2.05) is 0 Å². The second-order valence-corrected chi connectivity index (χ2v) is 3.91. The lowest BCUT2D eigenvalue weighted by atomic mass is 9.98. The van der Waals surface area contributed by atoms with Crippen LogP contribution in [0.25, 0.3) is 0 Å². The predicted molar refractivity (Wildman–Crippen MR) is 45.4 cm³/mol.